The van der Waals surface area contributed by atoms with Gasteiger partial charge in [0.25, 0.3) is 0 Å². The van der Waals surface area contributed by atoms with E-state index in [1.54, 1.807) is 31.3 Å². The van der Waals surface area contributed by atoms with Crippen molar-refractivity contribution in [2.24, 2.45) is 5.73 Å². The van der Waals surface area contributed by atoms with Gasteiger partial charge in [-0.25, -0.2) is 0 Å². The van der Waals surface area contributed by atoms with Crippen molar-refractivity contribution >= 4 is 11.8 Å². The topological polar surface area (TPSA) is 48.1 Å². The average molecular weight is 274 g/mol. The second-order valence-corrected chi connectivity index (χ2v) is 5.44. The van der Waals surface area contributed by atoms with Crippen LogP contribution in [0.15, 0.2) is 47.6 Å². The maximum Gasteiger partial charge on any atom is 0.123 e. The van der Waals surface area contributed by atoms with E-state index in [4.69, 9.17) is 10.5 Å². The summed E-state index contributed by atoms with van der Waals surface area (Å²) in [5.74, 6) is 1.66. The molecule has 0 radical (unpaired) electrons. The standard InChI is InChI=1S/C15H18N2OS/c1-11-3-4-15(18-2)13(9-11)14(16)10-19-12-5-7-17-8-6-12/h3-9,14H,10,16H2,1-2H3. The number of hydrogen-bond acceptors (Lipinski definition) is 4. The zero-order chi connectivity index (χ0) is 13.7. The summed E-state index contributed by atoms with van der Waals surface area (Å²) in [7, 11) is 1.68. The predicted octanol–water partition coefficient (Wildman–Crippen LogP) is 3.19. The number of hydrogen-bond donors (Lipinski definition) is 1. The van der Waals surface area contributed by atoms with Crippen LogP contribution in [0.2, 0.25) is 0 Å². The third-order valence-corrected chi connectivity index (χ3v) is 4.00. The zero-order valence-corrected chi connectivity index (χ0v) is 12.0. The molecule has 0 aliphatic heterocycles. The van der Waals surface area contributed by atoms with Gasteiger partial charge in [0.1, 0.15) is 5.75 Å². The molecule has 100 valence electrons. The summed E-state index contributed by atoms with van der Waals surface area (Å²) in [5, 5.41) is 0. The van der Waals surface area contributed by atoms with Gasteiger partial charge < -0.3 is 10.5 Å². The van der Waals surface area contributed by atoms with Crippen molar-refractivity contribution in [1.82, 2.24) is 4.98 Å². The third kappa shape index (κ3) is 3.72. The van der Waals surface area contributed by atoms with Crippen LogP contribution < -0.4 is 10.5 Å². The molecule has 1 atom stereocenters. The quantitative estimate of drug-likeness (QED) is 0.851. The summed E-state index contributed by atoms with van der Waals surface area (Å²) in [6.07, 6.45) is 3.59. The summed E-state index contributed by atoms with van der Waals surface area (Å²) in [6, 6.07) is 10.0. The van der Waals surface area contributed by atoms with E-state index in [1.807, 2.05) is 24.3 Å². The Morgan fingerprint density at radius 3 is 2.68 bits per heavy atom. The smallest absolute Gasteiger partial charge is 0.123 e. The van der Waals surface area contributed by atoms with E-state index in [0.717, 1.165) is 17.1 Å². The lowest BCUT2D eigenvalue weighted by Crippen LogP contribution is -2.14. The Bertz CT molecular complexity index is 531. The normalized spacial score (nSPS) is 12.2. The van der Waals surface area contributed by atoms with Gasteiger partial charge in [0, 0.05) is 34.6 Å². The molecule has 1 aromatic heterocycles. The first-order valence-corrected chi connectivity index (χ1v) is 7.12. The molecule has 0 saturated carbocycles. The molecular weight excluding hydrogens is 256 g/mol. The Kier molecular flexibility index (Phi) is 4.82. The highest BCUT2D eigenvalue weighted by Crippen LogP contribution is 2.29. The van der Waals surface area contributed by atoms with Crippen LogP contribution in [-0.4, -0.2) is 17.8 Å². The summed E-state index contributed by atoms with van der Waals surface area (Å²) in [6.45, 7) is 2.06. The van der Waals surface area contributed by atoms with Gasteiger partial charge >= 0.3 is 0 Å². The lowest BCUT2D eigenvalue weighted by Gasteiger charge is -2.16. The van der Waals surface area contributed by atoms with E-state index in [9.17, 15) is 0 Å². The van der Waals surface area contributed by atoms with Gasteiger partial charge in [0.2, 0.25) is 0 Å². The number of aromatic nitrogens is 1. The van der Waals surface area contributed by atoms with E-state index in [2.05, 4.69) is 18.0 Å². The van der Waals surface area contributed by atoms with Crippen molar-refractivity contribution in [2.45, 2.75) is 17.9 Å². The van der Waals surface area contributed by atoms with Crippen LogP contribution in [0.3, 0.4) is 0 Å². The van der Waals surface area contributed by atoms with Crippen molar-refractivity contribution < 1.29 is 4.74 Å². The maximum atomic E-state index is 6.27. The van der Waals surface area contributed by atoms with Crippen LogP contribution >= 0.6 is 11.8 Å². The first kappa shape index (κ1) is 13.9. The highest BCUT2D eigenvalue weighted by atomic mass is 32.2. The van der Waals surface area contributed by atoms with E-state index in [1.165, 1.54) is 10.5 Å². The third-order valence-electron chi connectivity index (χ3n) is 2.86. The number of nitrogens with zero attached hydrogens (tertiary/aromatic N) is 1. The molecule has 1 aromatic carbocycles. The number of benzene rings is 1. The van der Waals surface area contributed by atoms with Gasteiger partial charge in [-0.15, -0.1) is 11.8 Å². The fourth-order valence-electron chi connectivity index (χ4n) is 1.85. The lowest BCUT2D eigenvalue weighted by atomic mass is 10.1. The number of ether oxygens (including phenoxy) is 1. The first-order valence-electron chi connectivity index (χ1n) is 6.13. The molecule has 0 spiro atoms. The van der Waals surface area contributed by atoms with Gasteiger partial charge in [0.15, 0.2) is 0 Å². The van der Waals surface area contributed by atoms with E-state index in [0.29, 0.717) is 0 Å². The Balaban J connectivity index is 2.07. The van der Waals surface area contributed by atoms with Gasteiger partial charge in [-0.05, 0) is 25.1 Å². The summed E-state index contributed by atoms with van der Waals surface area (Å²) < 4.78 is 5.37. The Morgan fingerprint density at radius 1 is 1.26 bits per heavy atom. The Labute approximate surface area is 118 Å². The van der Waals surface area contributed by atoms with Crippen molar-refractivity contribution in [3.05, 3.63) is 53.9 Å². The van der Waals surface area contributed by atoms with Crippen LogP contribution in [-0.2, 0) is 0 Å². The molecule has 0 saturated heterocycles. The molecule has 0 amide bonds. The molecule has 0 fully saturated rings. The minimum atomic E-state index is -0.0481. The van der Waals surface area contributed by atoms with Gasteiger partial charge in [-0.2, -0.15) is 0 Å². The highest BCUT2D eigenvalue weighted by molar-refractivity contribution is 7.99. The van der Waals surface area contributed by atoms with Crippen LogP contribution in [0, 0.1) is 6.92 Å². The molecule has 1 heterocycles. The second kappa shape index (κ2) is 6.59. The van der Waals surface area contributed by atoms with Crippen LogP contribution in [0.5, 0.6) is 5.75 Å². The maximum absolute atomic E-state index is 6.27. The predicted molar refractivity (Wildman–Crippen MR) is 79.6 cm³/mol. The number of methoxy groups -OCH3 is 1. The minimum absolute atomic E-state index is 0.0481. The van der Waals surface area contributed by atoms with Crippen molar-refractivity contribution in [2.75, 3.05) is 12.9 Å². The van der Waals surface area contributed by atoms with Crippen molar-refractivity contribution in [1.29, 1.82) is 0 Å². The van der Waals surface area contributed by atoms with E-state index >= 15 is 0 Å². The molecular formula is C15H18N2OS. The number of rotatable bonds is 5. The molecule has 2 N–H and O–H groups in total. The molecule has 2 aromatic rings. The highest BCUT2D eigenvalue weighted by Gasteiger charge is 2.12. The second-order valence-electron chi connectivity index (χ2n) is 4.35. The fourth-order valence-corrected chi connectivity index (χ4v) is 2.72. The van der Waals surface area contributed by atoms with Gasteiger partial charge in [-0.1, -0.05) is 17.7 Å². The average Bonchev–Trinajstić information content (AvgIpc) is 2.46. The monoisotopic (exact) mass is 274 g/mol. The van der Waals surface area contributed by atoms with Crippen molar-refractivity contribution in [3.8, 4) is 5.75 Å². The zero-order valence-electron chi connectivity index (χ0n) is 11.2. The lowest BCUT2D eigenvalue weighted by molar-refractivity contribution is 0.407. The first-order chi connectivity index (χ1) is 9.20. The largest absolute Gasteiger partial charge is 0.496 e. The summed E-state index contributed by atoms with van der Waals surface area (Å²) in [5.41, 5.74) is 8.53. The Morgan fingerprint density at radius 2 is 2.00 bits per heavy atom. The number of aryl methyl sites for hydroxylation is 1. The molecule has 3 nitrogen and oxygen atoms in total. The SMILES string of the molecule is COc1ccc(C)cc1C(N)CSc1ccncc1. The van der Waals surface area contributed by atoms with Crippen LogP contribution in [0.25, 0.3) is 0 Å². The van der Waals surface area contributed by atoms with E-state index < -0.39 is 0 Å². The molecule has 0 aliphatic carbocycles. The van der Waals surface area contributed by atoms with Crippen molar-refractivity contribution in [3.63, 3.8) is 0 Å². The molecule has 2 rings (SSSR count). The number of pyridine rings is 1. The fraction of sp³-hybridized carbons (Fsp3) is 0.267. The van der Waals surface area contributed by atoms with Gasteiger partial charge in [-0.3, -0.25) is 4.98 Å². The molecule has 19 heavy (non-hydrogen) atoms. The number of thioether (sulfide) groups is 1. The van der Waals surface area contributed by atoms with Gasteiger partial charge in [0.05, 0.1) is 7.11 Å². The molecule has 1 unspecified atom stereocenters. The molecule has 4 heteroatoms. The summed E-state index contributed by atoms with van der Waals surface area (Å²) in [4.78, 5) is 5.18. The van der Waals surface area contributed by atoms with Crippen LogP contribution in [0.1, 0.15) is 17.2 Å². The molecule has 0 aliphatic rings. The van der Waals surface area contributed by atoms with E-state index in [-0.39, 0.29) is 6.04 Å². The van der Waals surface area contributed by atoms with Crippen LogP contribution in [0.4, 0.5) is 0 Å². The summed E-state index contributed by atoms with van der Waals surface area (Å²) >= 11 is 1.73. The molecule has 0 bridgehead atoms. The Hall–Kier alpha value is -1.52. The number of nitrogens with two attached hydrogens (primary N) is 1. The minimum Gasteiger partial charge on any atom is -0.496 e.